The lowest BCUT2D eigenvalue weighted by Gasteiger charge is -2.16. The predicted octanol–water partition coefficient (Wildman–Crippen LogP) is 8.40. The van der Waals surface area contributed by atoms with Crippen molar-refractivity contribution < 1.29 is 28.7 Å². The molecular weight excluding hydrogens is 520 g/mol. The average molecular weight is 561 g/mol. The third-order valence-corrected chi connectivity index (χ3v) is 6.49. The Balaban J connectivity index is 1.63. The molecule has 0 N–H and O–H groups in total. The Morgan fingerprint density at radius 1 is 0.780 bits per heavy atom. The number of carbonyl (C=O) groups excluding carboxylic acids is 4. The first-order valence-corrected chi connectivity index (χ1v) is 14.5. The van der Waals surface area contributed by atoms with Crippen LogP contribution in [0.4, 0.5) is 11.4 Å². The van der Waals surface area contributed by atoms with Gasteiger partial charge >= 0.3 is 11.9 Å². The Morgan fingerprint density at radius 3 is 2.05 bits per heavy atom. The van der Waals surface area contributed by atoms with Gasteiger partial charge in [-0.25, -0.2) is 14.4 Å². The van der Waals surface area contributed by atoms with Crippen molar-refractivity contribution in [2.45, 2.75) is 96.5 Å². The fourth-order valence-electron chi connectivity index (χ4n) is 4.22. The van der Waals surface area contributed by atoms with Gasteiger partial charge in [0.1, 0.15) is 11.9 Å². The second kappa shape index (κ2) is 20.7. The van der Waals surface area contributed by atoms with E-state index >= 15 is 0 Å². The number of esters is 2. The summed E-state index contributed by atoms with van der Waals surface area (Å²) in [7, 11) is 0. The number of unbranched alkanes of at least 4 members (excludes halogenated alkanes) is 8. The molecule has 0 aliphatic carbocycles. The van der Waals surface area contributed by atoms with Crippen molar-refractivity contribution in [3.63, 3.8) is 0 Å². The van der Waals surface area contributed by atoms with Crippen LogP contribution >= 0.6 is 0 Å². The lowest BCUT2D eigenvalue weighted by Crippen LogP contribution is -2.18. The van der Waals surface area contributed by atoms with Gasteiger partial charge in [-0.05, 0) is 80.6 Å². The maximum absolute atomic E-state index is 12.6. The van der Waals surface area contributed by atoms with Crippen LogP contribution in [0, 0.1) is 0 Å². The first kappa shape index (κ1) is 33.1. The van der Waals surface area contributed by atoms with E-state index in [4.69, 9.17) is 9.47 Å². The van der Waals surface area contributed by atoms with Crippen LogP contribution in [-0.4, -0.2) is 30.2 Å². The second-order valence-corrected chi connectivity index (χ2v) is 9.81. The van der Waals surface area contributed by atoms with Crippen LogP contribution in [0.3, 0.4) is 0 Å². The van der Waals surface area contributed by atoms with Crippen molar-refractivity contribution >= 4 is 35.5 Å². The van der Waals surface area contributed by atoms with Gasteiger partial charge in [-0.3, -0.25) is 4.79 Å². The summed E-state index contributed by atoms with van der Waals surface area (Å²) in [5.41, 5.74) is 1.35. The van der Waals surface area contributed by atoms with Crippen LogP contribution in [0.25, 0.3) is 0 Å². The maximum atomic E-state index is 12.6. The highest BCUT2D eigenvalue weighted by Gasteiger charge is 2.15. The van der Waals surface area contributed by atoms with Crippen LogP contribution < -0.4 is 4.74 Å². The van der Waals surface area contributed by atoms with Crippen molar-refractivity contribution in [3.05, 3.63) is 66.2 Å². The fourth-order valence-corrected chi connectivity index (χ4v) is 4.22. The molecule has 0 aromatic heterocycles. The number of rotatable bonds is 20. The van der Waals surface area contributed by atoms with Gasteiger partial charge in [-0.1, -0.05) is 57.6 Å². The number of aliphatic imine (C=N–C) groups is 2. The maximum Gasteiger partial charge on any atom is 0.338 e. The second-order valence-electron chi connectivity index (χ2n) is 9.81. The Hall–Kier alpha value is -4.12. The zero-order valence-corrected chi connectivity index (χ0v) is 23.9. The normalized spacial score (nSPS) is 11.3. The van der Waals surface area contributed by atoms with Crippen LogP contribution in [0.1, 0.15) is 101 Å². The number of allylic oxidation sites excluding steroid dienone is 1. The summed E-state index contributed by atoms with van der Waals surface area (Å²) in [6, 6.07) is 12.8. The van der Waals surface area contributed by atoms with Crippen LogP contribution in [0.15, 0.2) is 70.7 Å². The summed E-state index contributed by atoms with van der Waals surface area (Å²) in [6.07, 6.45) is 19.3. The summed E-state index contributed by atoms with van der Waals surface area (Å²) in [4.78, 5) is 52.3. The molecule has 8 heteroatoms. The number of ether oxygens (including phenoxy) is 2. The number of benzene rings is 2. The molecule has 0 amide bonds. The van der Waals surface area contributed by atoms with Gasteiger partial charge in [0.05, 0.1) is 16.9 Å². The first-order valence-electron chi connectivity index (χ1n) is 14.5. The number of nitrogens with zero attached hydrogens (tertiary/aromatic N) is 2. The molecule has 0 saturated carbocycles. The Morgan fingerprint density at radius 2 is 1.39 bits per heavy atom. The largest absolute Gasteiger partial charge is 0.458 e. The van der Waals surface area contributed by atoms with E-state index in [2.05, 4.69) is 29.1 Å². The molecule has 0 radical (unpaired) electrons. The van der Waals surface area contributed by atoms with E-state index in [1.165, 1.54) is 18.6 Å². The highest BCUT2D eigenvalue weighted by atomic mass is 16.5. The van der Waals surface area contributed by atoms with E-state index in [0.29, 0.717) is 35.5 Å². The van der Waals surface area contributed by atoms with E-state index in [9.17, 15) is 19.2 Å². The zero-order valence-electron chi connectivity index (χ0n) is 23.9. The third-order valence-electron chi connectivity index (χ3n) is 6.49. The van der Waals surface area contributed by atoms with Crippen molar-refractivity contribution in [2.24, 2.45) is 9.98 Å². The molecule has 0 unspecified atom stereocenters. The van der Waals surface area contributed by atoms with Crippen LogP contribution in [-0.2, 0) is 19.1 Å². The number of carbonyl (C=O) groups is 2. The molecule has 0 spiro atoms. The Labute approximate surface area is 242 Å². The van der Waals surface area contributed by atoms with Crippen molar-refractivity contribution in [1.29, 1.82) is 0 Å². The van der Waals surface area contributed by atoms with Crippen molar-refractivity contribution in [3.8, 4) is 5.75 Å². The molecular formula is C33H40N2O6. The van der Waals surface area contributed by atoms with Gasteiger partial charge in [0.15, 0.2) is 0 Å². The summed E-state index contributed by atoms with van der Waals surface area (Å²) < 4.78 is 11.1. The minimum Gasteiger partial charge on any atom is -0.458 e. The topological polar surface area (TPSA) is 111 Å². The molecule has 0 saturated heterocycles. The number of hydrogen-bond donors (Lipinski definition) is 0. The zero-order chi connectivity index (χ0) is 29.5. The SMILES string of the molecule is CCCCCC[C@H](C/C=C\CCCCCCCC(=O)Oc1ccc(N=C=O)cc1)OC(=O)c1ccc(N=C=O)cc1. The van der Waals surface area contributed by atoms with Crippen molar-refractivity contribution in [1.82, 2.24) is 0 Å². The molecule has 8 nitrogen and oxygen atoms in total. The molecule has 2 aromatic carbocycles. The molecule has 0 aliphatic rings. The third kappa shape index (κ3) is 14.7. The molecule has 2 aromatic rings. The quantitative estimate of drug-likeness (QED) is 0.0401. The highest BCUT2D eigenvalue weighted by molar-refractivity contribution is 5.89. The Bertz CT molecular complexity index is 1180. The van der Waals surface area contributed by atoms with E-state index in [-0.39, 0.29) is 18.0 Å². The standard InChI is InChI=1S/C33H40N2O6/c1-2-3-4-11-14-30(41-33(39)27-17-19-28(20-18-27)34-25-36)15-12-9-7-5-6-8-10-13-16-32(38)40-31-23-21-29(22-24-31)35-26-37/h9,12,17-24,30H,2-8,10-11,13-16H2,1H3/b12-9-/t30-/m1/s1. The van der Waals surface area contributed by atoms with Gasteiger partial charge in [0.25, 0.3) is 0 Å². The average Bonchev–Trinajstić information content (AvgIpc) is 2.97. The molecule has 0 fully saturated rings. The van der Waals surface area contributed by atoms with Gasteiger partial charge in [-0.15, -0.1) is 0 Å². The highest BCUT2D eigenvalue weighted by Crippen LogP contribution is 2.19. The summed E-state index contributed by atoms with van der Waals surface area (Å²) in [5.74, 6) is -0.204. The smallest absolute Gasteiger partial charge is 0.338 e. The molecule has 0 aliphatic heterocycles. The van der Waals surface area contributed by atoms with Crippen LogP contribution in [0.2, 0.25) is 0 Å². The number of hydrogen-bond acceptors (Lipinski definition) is 8. The summed E-state index contributed by atoms with van der Waals surface area (Å²) in [6.45, 7) is 2.17. The van der Waals surface area contributed by atoms with Gasteiger partial charge in [-0.2, -0.15) is 9.98 Å². The molecule has 2 rings (SSSR count). The molecule has 218 valence electrons. The van der Waals surface area contributed by atoms with Gasteiger partial charge in [0.2, 0.25) is 12.2 Å². The minimum atomic E-state index is -0.369. The summed E-state index contributed by atoms with van der Waals surface area (Å²) >= 11 is 0. The van der Waals surface area contributed by atoms with E-state index in [1.807, 2.05) is 0 Å². The fraction of sp³-hybridized carbons (Fsp3) is 0.455. The monoisotopic (exact) mass is 560 g/mol. The Kier molecular flexibility index (Phi) is 16.7. The predicted molar refractivity (Wildman–Crippen MR) is 158 cm³/mol. The molecule has 41 heavy (non-hydrogen) atoms. The summed E-state index contributed by atoms with van der Waals surface area (Å²) in [5, 5.41) is 0. The van der Waals surface area contributed by atoms with Gasteiger partial charge < -0.3 is 9.47 Å². The van der Waals surface area contributed by atoms with E-state index < -0.39 is 0 Å². The molecule has 0 bridgehead atoms. The number of isocyanates is 2. The van der Waals surface area contributed by atoms with Gasteiger partial charge in [0, 0.05) is 12.8 Å². The lowest BCUT2D eigenvalue weighted by atomic mass is 10.1. The molecule has 0 heterocycles. The van der Waals surface area contributed by atoms with E-state index in [1.54, 1.807) is 48.5 Å². The lowest BCUT2D eigenvalue weighted by molar-refractivity contribution is -0.134. The van der Waals surface area contributed by atoms with Crippen LogP contribution in [0.5, 0.6) is 5.75 Å². The van der Waals surface area contributed by atoms with E-state index in [0.717, 1.165) is 64.2 Å². The first-order chi connectivity index (χ1) is 20.0. The molecule has 1 atom stereocenters. The minimum absolute atomic E-state index is 0.175. The van der Waals surface area contributed by atoms with Crippen molar-refractivity contribution in [2.75, 3.05) is 0 Å².